The third-order valence-corrected chi connectivity index (χ3v) is 4.04. The van der Waals surface area contributed by atoms with E-state index < -0.39 is 17.3 Å². The van der Waals surface area contributed by atoms with E-state index in [4.69, 9.17) is 0 Å². The second-order valence-corrected chi connectivity index (χ2v) is 5.83. The van der Waals surface area contributed by atoms with Crippen LogP contribution in [0, 0.1) is 3.57 Å². The summed E-state index contributed by atoms with van der Waals surface area (Å²) in [6.45, 7) is 0. The molecule has 2 aromatic rings. The van der Waals surface area contributed by atoms with Gasteiger partial charge >= 0.3 is 6.18 Å². The summed E-state index contributed by atoms with van der Waals surface area (Å²) in [6.07, 6.45) is -4.47. The number of aromatic nitrogens is 1. The highest BCUT2D eigenvalue weighted by molar-refractivity contribution is 14.1. The molecule has 0 aliphatic carbocycles. The van der Waals surface area contributed by atoms with E-state index in [0.29, 0.717) is 16.9 Å². The Morgan fingerprint density at radius 1 is 1.22 bits per heavy atom. The molecule has 2 rings (SSSR count). The van der Waals surface area contributed by atoms with Crippen LogP contribution in [0.3, 0.4) is 0 Å². The molecular weight excluding hydrogens is 378 g/mol. The van der Waals surface area contributed by atoms with Crippen LogP contribution in [0.15, 0.2) is 30.5 Å². The van der Waals surface area contributed by atoms with E-state index in [9.17, 15) is 18.3 Å². The van der Waals surface area contributed by atoms with Gasteiger partial charge in [0.2, 0.25) is 0 Å². The van der Waals surface area contributed by atoms with Gasteiger partial charge in [-0.2, -0.15) is 13.2 Å². The van der Waals surface area contributed by atoms with Gasteiger partial charge in [-0.25, -0.2) is 4.98 Å². The largest absolute Gasteiger partial charge is 0.443 e. The SMILES string of the molecule is OC(c1ccc(I)cc1)c1cnc(C(F)(F)F)s1. The number of thiazole rings is 1. The molecule has 0 saturated carbocycles. The Kier molecular flexibility index (Phi) is 3.93. The molecule has 1 heterocycles. The number of nitrogens with zero attached hydrogens (tertiary/aromatic N) is 1. The summed E-state index contributed by atoms with van der Waals surface area (Å²) in [7, 11) is 0. The van der Waals surface area contributed by atoms with Crippen molar-refractivity contribution < 1.29 is 18.3 Å². The first-order valence-electron chi connectivity index (χ1n) is 4.84. The molecule has 0 aliphatic rings. The molecule has 0 bridgehead atoms. The lowest BCUT2D eigenvalue weighted by atomic mass is 10.1. The fourth-order valence-corrected chi connectivity index (χ4v) is 2.51. The minimum atomic E-state index is -4.46. The Balaban J connectivity index is 2.26. The number of hydrogen-bond donors (Lipinski definition) is 1. The monoisotopic (exact) mass is 385 g/mol. The molecule has 0 aliphatic heterocycles. The number of benzene rings is 1. The first-order valence-corrected chi connectivity index (χ1v) is 6.74. The normalized spacial score (nSPS) is 13.6. The number of aliphatic hydroxyl groups excluding tert-OH is 1. The average Bonchev–Trinajstić information content (AvgIpc) is 2.78. The Hall–Kier alpha value is -0.670. The number of aliphatic hydroxyl groups is 1. The van der Waals surface area contributed by atoms with Crippen LogP contribution in [0.5, 0.6) is 0 Å². The lowest BCUT2D eigenvalue weighted by Gasteiger charge is -2.08. The first-order chi connectivity index (χ1) is 8.38. The van der Waals surface area contributed by atoms with Crippen molar-refractivity contribution >= 4 is 33.9 Å². The maximum Gasteiger partial charge on any atom is 0.443 e. The molecule has 0 radical (unpaired) electrons. The van der Waals surface area contributed by atoms with Crippen molar-refractivity contribution in [3.05, 3.63) is 49.5 Å². The van der Waals surface area contributed by atoms with Gasteiger partial charge < -0.3 is 5.11 Å². The van der Waals surface area contributed by atoms with Crippen LogP contribution in [0.2, 0.25) is 0 Å². The van der Waals surface area contributed by atoms with Crippen molar-refractivity contribution in [2.24, 2.45) is 0 Å². The van der Waals surface area contributed by atoms with Crippen molar-refractivity contribution in [2.45, 2.75) is 12.3 Å². The third-order valence-electron chi connectivity index (χ3n) is 2.22. The molecular formula is C11H7F3INOS. The third kappa shape index (κ3) is 3.01. The maximum absolute atomic E-state index is 12.4. The van der Waals surface area contributed by atoms with Gasteiger partial charge in [-0.3, -0.25) is 0 Å². The van der Waals surface area contributed by atoms with Crippen molar-refractivity contribution in [2.75, 3.05) is 0 Å². The average molecular weight is 385 g/mol. The topological polar surface area (TPSA) is 33.1 Å². The number of alkyl halides is 3. The predicted octanol–water partition coefficient (Wildman–Crippen LogP) is 3.85. The van der Waals surface area contributed by atoms with E-state index in [-0.39, 0.29) is 4.88 Å². The van der Waals surface area contributed by atoms with Crippen LogP contribution in [-0.2, 0) is 6.18 Å². The smallest absolute Gasteiger partial charge is 0.383 e. The van der Waals surface area contributed by atoms with Crippen molar-refractivity contribution in [1.82, 2.24) is 4.98 Å². The standard InChI is InChI=1S/C11H7F3INOS/c12-11(13,14)10-16-5-8(18-10)9(17)6-1-3-7(15)4-2-6/h1-5,9,17H. The minimum Gasteiger partial charge on any atom is -0.383 e. The van der Waals surface area contributed by atoms with Crippen LogP contribution >= 0.6 is 33.9 Å². The summed E-state index contributed by atoms with van der Waals surface area (Å²) < 4.78 is 38.1. The van der Waals surface area contributed by atoms with E-state index >= 15 is 0 Å². The van der Waals surface area contributed by atoms with Crippen molar-refractivity contribution in [3.63, 3.8) is 0 Å². The van der Waals surface area contributed by atoms with E-state index in [1.54, 1.807) is 24.3 Å². The van der Waals surface area contributed by atoms with Gasteiger partial charge in [-0.15, -0.1) is 11.3 Å². The molecule has 1 N–H and O–H groups in total. The number of rotatable bonds is 2. The molecule has 0 spiro atoms. The molecule has 18 heavy (non-hydrogen) atoms. The summed E-state index contributed by atoms with van der Waals surface area (Å²) >= 11 is 2.57. The second kappa shape index (κ2) is 5.14. The van der Waals surface area contributed by atoms with E-state index in [0.717, 1.165) is 9.77 Å². The molecule has 0 amide bonds. The van der Waals surface area contributed by atoms with Gasteiger partial charge in [0.05, 0.1) is 4.88 Å². The molecule has 1 aromatic heterocycles. The van der Waals surface area contributed by atoms with E-state index in [1.165, 1.54) is 0 Å². The van der Waals surface area contributed by atoms with Gasteiger partial charge in [0.1, 0.15) is 6.10 Å². The zero-order valence-electron chi connectivity index (χ0n) is 8.78. The Labute approximate surface area is 119 Å². The molecule has 0 fully saturated rings. The molecule has 96 valence electrons. The molecule has 7 heteroatoms. The van der Waals surface area contributed by atoms with Crippen LogP contribution in [0.4, 0.5) is 13.2 Å². The van der Waals surface area contributed by atoms with Gasteiger partial charge in [0.25, 0.3) is 0 Å². The maximum atomic E-state index is 12.4. The first kappa shape index (κ1) is 13.8. The summed E-state index contributed by atoms with van der Waals surface area (Å²) in [6, 6.07) is 6.93. The summed E-state index contributed by atoms with van der Waals surface area (Å²) in [5, 5.41) is 9.02. The Morgan fingerprint density at radius 3 is 2.33 bits per heavy atom. The number of halogens is 4. The zero-order chi connectivity index (χ0) is 13.3. The number of hydrogen-bond acceptors (Lipinski definition) is 3. The highest BCUT2D eigenvalue weighted by Crippen LogP contribution is 2.35. The van der Waals surface area contributed by atoms with Crippen LogP contribution in [0.1, 0.15) is 21.6 Å². The Morgan fingerprint density at radius 2 is 1.83 bits per heavy atom. The summed E-state index contributed by atoms with van der Waals surface area (Å²) in [5.74, 6) is 0. The van der Waals surface area contributed by atoms with Gasteiger partial charge in [-0.1, -0.05) is 12.1 Å². The lowest BCUT2D eigenvalue weighted by Crippen LogP contribution is -2.03. The highest BCUT2D eigenvalue weighted by Gasteiger charge is 2.35. The highest BCUT2D eigenvalue weighted by atomic mass is 127. The quantitative estimate of drug-likeness (QED) is 0.797. The van der Waals surface area contributed by atoms with Crippen LogP contribution in [-0.4, -0.2) is 10.1 Å². The van der Waals surface area contributed by atoms with Crippen molar-refractivity contribution in [3.8, 4) is 0 Å². The molecule has 0 saturated heterocycles. The van der Waals surface area contributed by atoms with Crippen molar-refractivity contribution in [1.29, 1.82) is 0 Å². The Bertz CT molecular complexity index is 538. The van der Waals surface area contributed by atoms with Crippen LogP contribution in [0.25, 0.3) is 0 Å². The second-order valence-electron chi connectivity index (χ2n) is 3.52. The van der Waals surface area contributed by atoms with E-state index in [2.05, 4.69) is 27.6 Å². The fourth-order valence-electron chi connectivity index (χ4n) is 1.35. The molecule has 2 nitrogen and oxygen atoms in total. The van der Waals surface area contributed by atoms with E-state index in [1.807, 2.05) is 0 Å². The summed E-state index contributed by atoms with van der Waals surface area (Å²) in [5.41, 5.74) is 0.549. The van der Waals surface area contributed by atoms with Gasteiger partial charge in [0.15, 0.2) is 5.01 Å². The minimum absolute atomic E-state index is 0.184. The van der Waals surface area contributed by atoms with Gasteiger partial charge in [-0.05, 0) is 40.3 Å². The lowest BCUT2D eigenvalue weighted by molar-refractivity contribution is -0.137. The molecule has 1 unspecified atom stereocenters. The van der Waals surface area contributed by atoms with Crippen LogP contribution < -0.4 is 0 Å². The summed E-state index contributed by atoms with van der Waals surface area (Å²) in [4.78, 5) is 3.47. The zero-order valence-corrected chi connectivity index (χ0v) is 11.8. The fraction of sp³-hybridized carbons (Fsp3) is 0.182. The molecule has 1 atom stereocenters. The molecule has 1 aromatic carbocycles. The predicted molar refractivity (Wildman–Crippen MR) is 70.3 cm³/mol. The van der Waals surface area contributed by atoms with Gasteiger partial charge in [0, 0.05) is 9.77 Å².